The molecule has 2 aromatic heterocycles. The van der Waals surface area contributed by atoms with Crippen molar-refractivity contribution in [2.45, 2.75) is 64.6 Å². The van der Waals surface area contributed by atoms with Crippen molar-refractivity contribution in [3.05, 3.63) is 28.9 Å². The molecule has 2 N–H and O–H groups in total. The Bertz CT molecular complexity index is 771. The molecule has 25 heavy (non-hydrogen) atoms. The first-order valence-corrected chi connectivity index (χ1v) is 9.63. The fourth-order valence-corrected chi connectivity index (χ4v) is 4.87. The van der Waals surface area contributed by atoms with Gasteiger partial charge in [-0.2, -0.15) is 0 Å². The number of piperidine rings is 1. The monoisotopic (exact) mass is 360 g/mol. The lowest BCUT2D eigenvalue weighted by Crippen LogP contribution is -2.62. The van der Waals surface area contributed by atoms with Gasteiger partial charge in [-0.3, -0.25) is 4.79 Å². The fourth-order valence-electron chi connectivity index (χ4n) is 4.01. The van der Waals surface area contributed by atoms with Crippen LogP contribution in [0.4, 0.5) is 0 Å². The van der Waals surface area contributed by atoms with Crippen molar-refractivity contribution >= 4 is 17.2 Å². The molecule has 1 fully saturated rings. The van der Waals surface area contributed by atoms with Crippen LogP contribution >= 0.6 is 11.3 Å². The van der Waals surface area contributed by atoms with Gasteiger partial charge >= 0.3 is 0 Å². The zero-order valence-electron chi connectivity index (χ0n) is 15.9. The molecule has 0 aliphatic carbocycles. The van der Waals surface area contributed by atoms with Crippen molar-refractivity contribution in [3.63, 3.8) is 0 Å². The Hall–Kier alpha value is -1.66. The molecule has 0 unspecified atom stereocenters. The second-order valence-corrected chi connectivity index (χ2v) is 9.29. The molecule has 1 aliphatic heterocycles. The van der Waals surface area contributed by atoms with Gasteiger partial charge in [-0.1, -0.05) is 0 Å². The van der Waals surface area contributed by atoms with Crippen LogP contribution in [0, 0.1) is 6.92 Å². The molecule has 6 heteroatoms. The number of thiazole rings is 1. The molecule has 5 nitrogen and oxygen atoms in total. The summed E-state index contributed by atoms with van der Waals surface area (Å²) in [6, 6.07) is 4.27. The molecule has 0 atom stereocenters. The minimum atomic E-state index is -0.0769. The predicted molar refractivity (Wildman–Crippen MR) is 103 cm³/mol. The lowest BCUT2D eigenvalue weighted by Gasteiger charge is -2.46. The Morgan fingerprint density at radius 1 is 1.28 bits per heavy atom. The SMILES string of the molecule is Cc1ccc(-c2nc(C(=O)NC3CC(C)(C)NC(C)(C)C3)cs2)n1C. The van der Waals surface area contributed by atoms with Crippen LogP contribution < -0.4 is 10.6 Å². The van der Waals surface area contributed by atoms with Gasteiger partial charge in [0.15, 0.2) is 0 Å². The van der Waals surface area contributed by atoms with E-state index in [2.05, 4.69) is 60.9 Å². The largest absolute Gasteiger partial charge is 0.348 e. The summed E-state index contributed by atoms with van der Waals surface area (Å²) in [7, 11) is 2.02. The zero-order chi connectivity index (χ0) is 18.4. The van der Waals surface area contributed by atoms with Gasteiger partial charge < -0.3 is 15.2 Å². The first-order valence-electron chi connectivity index (χ1n) is 8.75. The highest BCUT2D eigenvalue weighted by atomic mass is 32.1. The number of amides is 1. The van der Waals surface area contributed by atoms with Crippen molar-refractivity contribution in [1.29, 1.82) is 0 Å². The Morgan fingerprint density at radius 3 is 2.48 bits per heavy atom. The van der Waals surface area contributed by atoms with Crippen LogP contribution in [0.1, 0.15) is 56.7 Å². The number of nitrogens with zero attached hydrogens (tertiary/aromatic N) is 2. The van der Waals surface area contributed by atoms with Crippen LogP contribution in [0.3, 0.4) is 0 Å². The fraction of sp³-hybridized carbons (Fsp3) is 0.579. The molecule has 3 heterocycles. The summed E-state index contributed by atoms with van der Waals surface area (Å²) in [6.45, 7) is 10.8. The molecule has 0 saturated carbocycles. The van der Waals surface area contributed by atoms with Gasteiger partial charge in [0.1, 0.15) is 10.7 Å². The highest BCUT2D eigenvalue weighted by Gasteiger charge is 2.38. The topological polar surface area (TPSA) is 59.0 Å². The third kappa shape index (κ3) is 3.96. The van der Waals surface area contributed by atoms with E-state index >= 15 is 0 Å². The maximum absolute atomic E-state index is 12.7. The molecule has 136 valence electrons. The van der Waals surface area contributed by atoms with Crippen LogP contribution in [0.15, 0.2) is 17.5 Å². The molecule has 1 amide bonds. The number of hydrogen-bond donors (Lipinski definition) is 2. The van der Waals surface area contributed by atoms with E-state index in [9.17, 15) is 4.79 Å². The molecule has 0 aromatic carbocycles. The minimum absolute atomic E-state index is 0.00744. The van der Waals surface area contributed by atoms with E-state index in [-0.39, 0.29) is 23.0 Å². The van der Waals surface area contributed by atoms with E-state index in [1.54, 1.807) is 0 Å². The molecule has 1 saturated heterocycles. The zero-order valence-corrected chi connectivity index (χ0v) is 16.8. The third-order valence-electron chi connectivity index (χ3n) is 4.85. The van der Waals surface area contributed by atoms with Crippen LogP contribution in [0.5, 0.6) is 0 Å². The number of carbonyl (C=O) groups excluding carboxylic acids is 1. The molecule has 1 aliphatic rings. The van der Waals surface area contributed by atoms with Gasteiger partial charge in [-0.15, -0.1) is 11.3 Å². The normalized spacial score (nSPS) is 19.8. The van der Waals surface area contributed by atoms with Gasteiger partial charge in [0.05, 0.1) is 5.69 Å². The summed E-state index contributed by atoms with van der Waals surface area (Å²) >= 11 is 1.51. The van der Waals surface area contributed by atoms with Crippen molar-refractivity contribution in [2.24, 2.45) is 7.05 Å². The summed E-state index contributed by atoms with van der Waals surface area (Å²) in [4.78, 5) is 17.2. The predicted octanol–water partition coefficient (Wildman–Crippen LogP) is 3.50. The smallest absolute Gasteiger partial charge is 0.270 e. The summed E-state index contributed by atoms with van der Waals surface area (Å²) in [5, 5.41) is 9.56. The molecule has 3 rings (SSSR count). The first kappa shape index (κ1) is 18.1. The highest BCUT2D eigenvalue weighted by Crippen LogP contribution is 2.29. The third-order valence-corrected chi connectivity index (χ3v) is 5.72. The maximum Gasteiger partial charge on any atom is 0.270 e. The number of nitrogens with one attached hydrogen (secondary N) is 2. The average Bonchev–Trinajstić information content (AvgIpc) is 3.04. The van der Waals surface area contributed by atoms with Gasteiger partial charge in [0.2, 0.25) is 0 Å². The standard InChI is InChI=1S/C19H28N4OS/c1-12-7-8-15(23(12)6)17-21-14(11-25-17)16(24)20-13-9-18(2,3)22-19(4,5)10-13/h7-8,11,13,22H,9-10H2,1-6H3,(H,20,24). The quantitative estimate of drug-likeness (QED) is 0.881. The van der Waals surface area contributed by atoms with Crippen LogP contribution in [0.25, 0.3) is 10.7 Å². The Labute approximate surface area is 153 Å². The van der Waals surface area contributed by atoms with Crippen LogP contribution in [0.2, 0.25) is 0 Å². The molecule has 2 aromatic rings. The lowest BCUT2D eigenvalue weighted by atomic mass is 9.79. The summed E-state index contributed by atoms with van der Waals surface area (Å²) in [6.07, 6.45) is 1.83. The number of aryl methyl sites for hydroxylation is 1. The Kier molecular flexibility index (Phi) is 4.54. The number of rotatable bonds is 3. The molecular weight excluding hydrogens is 332 g/mol. The van der Waals surface area contributed by atoms with Crippen molar-refractivity contribution in [2.75, 3.05) is 0 Å². The maximum atomic E-state index is 12.7. The van der Waals surface area contributed by atoms with Gasteiger partial charge in [-0.05, 0) is 59.6 Å². The van der Waals surface area contributed by atoms with E-state index in [1.807, 2.05) is 18.5 Å². The molecular formula is C19H28N4OS. The van der Waals surface area contributed by atoms with Gasteiger partial charge in [0, 0.05) is 35.2 Å². The molecule has 0 spiro atoms. The highest BCUT2D eigenvalue weighted by molar-refractivity contribution is 7.13. The summed E-state index contributed by atoms with van der Waals surface area (Å²) in [5.41, 5.74) is 2.75. The van der Waals surface area contributed by atoms with Crippen LogP contribution in [-0.2, 0) is 7.05 Å². The molecule has 0 bridgehead atoms. The van der Waals surface area contributed by atoms with Crippen molar-refractivity contribution < 1.29 is 4.79 Å². The van der Waals surface area contributed by atoms with E-state index in [1.165, 1.54) is 17.0 Å². The average molecular weight is 361 g/mol. The number of hydrogen-bond acceptors (Lipinski definition) is 4. The summed E-state index contributed by atoms with van der Waals surface area (Å²) in [5.74, 6) is -0.0769. The summed E-state index contributed by atoms with van der Waals surface area (Å²) < 4.78 is 2.10. The van der Waals surface area contributed by atoms with E-state index in [0.29, 0.717) is 5.69 Å². The van der Waals surface area contributed by atoms with Gasteiger partial charge in [-0.25, -0.2) is 4.98 Å². The van der Waals surface area contributed by atoms with Crippen molar-refractivity contribution in [3.8, 4) is 10.7 Å². The van der Waals surface area contributed by atoms with Crippen LogP contribution in [-0.4, -0.2) is 32.6 Å². The van der Waals surface area contributed by atoms with E-state index in [4.69, 9.17) is 0 Å². The number of aromatic nitrogens is 2. The Balaban J connectivity index is 1.73. The van der Waals surface area contributed by atoms with E-state index < -0.39 is 0 Å². The van der Waals surface area contributed by atoms with Gasteiger partial charge in [0.25, 0.3) is 5.91 Å². The lowest BCUT2D eigenvalue weighted by molar-refractivity contribution is 0.0869. The second kappa shape index (κ2) is 6.25. The second-order valence-electron chi connectivity index (χ2n) is 8.43. The van der Waals surface area contributed by atoms with Crippen molar-refractivity contribution in [1.82, 2.24) is 20.2 Å². The molecule has 0 radical (unpaired) electrons. The first-order chi connectivity index (χ1) is 11.6. The Morgan fingerprint density at radius 2 is 1.92 bits per heavy atom. The number of carbonyl (C=O) groups is 1. The minimum Gasteiger partial charge on any atom is -0.348 e. The van der Waals surface area contributed by atoms with E-state index in [0.717, 1.165) is 23.5 Å².